The Morgan fingerprint density at radius 2 is 2.19 bits per heavy atom. The van der Waals surface area contributed by atoms with Gasteiger partial charge in [-0.25, -0.2) is 4.52 Å². The lowest BCUT2D eigenvalue weighted by Gasteiger charge is -2.01. The molecule has 0 aliphatic rings. The van der Waals surface area contributed by atoms with Crippen molar-refractivity contribution in [1.82, 2.24) is 19.9 Å². The molecular weight excluding hydrogens is 284 g/mol. The average molecular weight is 300 g/mol. The zero-order valence-corrected chi connectivity index (χ0v) is 12.8. The van der Waals surface area contributed by atoms with Crippen molar-refractivity contribution >= 4 is 22.2 Å². The zero-order chi connectivity index (χ0) is 14.8. The van der Waals surface area contributed by atoms with Gasteiger partial charge in [-0.3, -0.25) is 4.79 Å². The van der Waals surface area contributed by atoms with E-state index in [1.54, 1.807) is 11.3 Å². The third-order valence-electron chi connectivity index (χ3n) is 3.29. The highest BCUT2D eigenvalue weighted by atomic mass is 32.1. The van der Waals surface area contributed by atoms with Crippen LogP contribution in [0, 0.1) is 6.92 Å². The lowest BCUT2D eigenvalue weighted by atomic mass is 10.1. The maximum atomic E-state index is 10.9. The van der Waals surface area contributed by atoms with Gasteiger partial charge >= 0.3 is 0 Å². The van der Waals surface area contributed by atoms with Crippen LogP contribution in [0.1, 0.15) is 18.2 Å². The summed E-state index contributed by atoms with van der Waals surface area (Å²) in [6.45, 7) is 4.19. The number of aromatic nitrogens is 3. The SMILES string of the molecule is CC(=O)NCCc1csc2nc(-c3ccccc3C)nn12. The first-order chi connectivity index (χ1) is 10.1. The molecule has 1 N–H and O–H groups in total. The number of thiazole rings is 1. The molecule has 0 aliphatic heterocycles. The highest BCUT2D eigenvalue weighted by Crippen LogP contribution is 2.23. The molecule has 3 aromatic rings. The summed E-state index contributed by atoms with van der Waals surface area (Å²) < 4.78 is 1.87. The molecule has 0 saturated carbocycles. The molecule has 0 radical (unpaired) electrons. The van der Waals surface area contributed by atoms with Crippen LogP contribution < -0.4 is 5.32 Å². The van der Waals surface area contributed by atoms with E-state index >= 15 is 0 Å². The van der Waals surface area contributed by atoms with Crippen molar-refractivity contribution in [1.29, 1.82) is 0 Å². The third-order valence-corrected chi connectivity index (χ3v) is 4.16. The van der Waals surface area contributed by atoms with Gasteiger partial charge in [0.15, 0.2) is 5.82 Å². The molecule has 5 nitrogen and oxygen atoms in total. The van der Waals surface area contributed by atoms with Crippen LogP contribution in [0.25, 0.3) is 16.3 Å². The number of benzene rings is 1. The fourth-order valence-corrected chi connectivity index (χ4v) is 3.06. The van der Waals surface area contributed by atoms with E-state index in [0.29, 0.717) is 6.54 Å². The summed E-state index contributed by atoms with van der Waals surface area (Å²) in [5, 5.41) is 9.45. The van der Waals surface area contributed by atoms with E-state index in [1.807, 2.05) is 28.1 Å². The maximum absolute atomic E-state index is 10.9. The molecule has 0 aliphatic carbocycles. The number of hydrogen-bond donors (Lipinski definition) is 1. The van der Waals surface area contributed by atoms with Gasteiger partial charge < -0.3 is 5.32 Å². The Labute approximate surface area is 126 Å². The number of fused-ring (bicyclic) bond motifs is 1. The minimum absolute atomic E-state index is 0.0133. The Bertz CT molecular complexity index is 790. The van der Waals surface area contributed by atoms with Crippen LogP contribution in [-0.4, -0.2) is 27.0 Å². The number of nitrogens with zero attached hydrogens (tertiary/aromatic N) is 3. The molecule has 0 bridgehead atoms. The molecule has 2 heterocycles. The normalized spacial score (nSPS) is 11.0. The molecule has 6 heteroatoms. The van der Waals surface area contributed by atoms with Crippen molar-refractivity contribution in [3.63, 3.8) is 0 Å². The maximum Gasteiger partial charge on any atom is 0.216 e. The number of carbonyl (C=O) groups is 1. The summed E-state index contributed by atoms with van der Waals surface area (Å²) in [7, 11) is 0. The fourth-order valence-electron chi connectivity index (χ4n) is 2.20. The smallest absolute Gasteiger partial charge is 0.216 e. The summed E-state index contributed by atoms with van der Waals surface area (Å²) in [5.74, 6) is 0.737. The first kappa shape index (κ1) is 13.8. The number of carbonyl (C=O) groups excluding carboxylic acids is 1. The van der Waals surface area contributed by atoms with Gasteiger partial charge in [0.1, 0.15) is 0 Å². The predicted octanol–water partition coefficient (Wildman–Crippen LogP) is 2.44. The van der Waals surface area contributed by atoms with E-state index in [4.69, 9.17) is 0 Å². The number of hydrogen-bond acceptors (Lipinski definition) is 4. The van der Waals surface area contributed by atoms with E-state index in [1.165, 1.54) is 6.92 Å². The molecular formula is C15H16N4OS. The van der Waals surface area contributed by atoms with Crippen molar-refractivity contribution in [2.24, 2.45) is 0 Å². The molecule has 0 spiro atoms. The van der Waals surface area contributed by atoms with Gasteiger partial charge in [-0.2, -0.15) is 4.98 Å². The van der Waals surface area contributed by atoms with Crippen molar-refractivity contribution in [3.8, 4) is 11.4 Å². The Hall–Kier alpha value is -2.21. The molecule has 3 rings (SSSR count). The minimum Gasteiger partial charge on any atom is -0.356 e. The first-order valence-electron chi connectivity index (χ1n) is 6.79. The fraction of sp³-hybridized carbons (Fsp3) is 0.267. The van der Waals surface area contributed by atoms with E-state index in [9.17, 15) is 4.79 Å². The molecule has 21 heavy (non-hydrogen) atoms. The molecule has 0 saturated heterocycles. The number of rotatable bonds is 4. The second-order valence-electron chi connectivity index (χ2n) is 4.90. The monoisotopic (exact) mass is 300 g/mol. The summed E-state index contributed by atoms with van der Waals surface area (Å²) in [4.78, 5) is 16.4. The molecule has 2 aromatic heterocycles. The van der Waals surface area contributed by atoms with E-state index in [2.05, 4.69) is 28.4 Å². The first-order valence-corrected chi connectivity index (χ1v) is 7.66. The molecule has 108 valence electrons. The standard InChI is InChI=1S/C15H16N4OS/c1-10-5-3-4-6-13(10)14-17-15-19(18-14)12(9-21-15)7-8-16-11(2)20/h3-6,9H,7-8H2,1-2H3,(H,16,20). The summed E-state index contributed by atoms with van der Waals surface area (Å²) >= 11 is 1.57. The Kier molecular flexibility index (Phi) is 3.70. The van der Waals surface area contributed by atoms with Crippen LogP contribution in [0.15, 0.2) is 29.6 Å². The zero-order valence-electron chi connectivity index (χ0n) is 12.0. The average Bonchev–Trinajstić information content (AvgIpc) is 3.00. The summed E-state index contributed by atoms with van der Waals surface area (Å²) in [6.07, 6.45) is 0.746. The number of amides is 1. The van der Waals surface area contributed by atoms with Crippen molar-refractivity contribution in [3.05, 3.63) is 40.9 Å². The van der Waals surface area contributed by atoms with Crippen LogP contribution in [0.3, 0.4) is 0 Å². The lowest BCUT2D eigenvalue weighted by molar-refractivity contribution is -0.118. The number of aryl methyl sites for hydroxylation is 1. The Balaban J connectivity index is 1.89. The van der Waals surface area contributed by atoms with Gasteiger partial charge in [0.25, 0.3) is 0 Å². The van der Waals surface area contributed by atoms with Crippen molar-refractivity contribution < 1.29 is 4.79 Å². The molecule has 1 aromatic carbocycles. The van der Waals surface area contributed by atoms with Gasteiger partial charge in [0, 0.05) is 30.8 Å². The Morgan fingerprint density at radius 1 is 1.38 bits per heavy atom. The van der Waals surface area contributed by atoms with Crippen LogP contribution in [0.5, 0.6) is 0 Å². The quantitative estimate of drug-likeness (QED) is 0.805. The second-order valence-corrected chi connectivity index (χ2v) is 5.74. The summed E-state index contributed by atoms with van der Waals surface area (Å²) in [5.41, 5.74) is 3.29. The van der Waals surface area contributed by atoms with E-state index < -0.39 is 0 Å². The Morgan fingerprint density at radius 3 is 2.95 bits per heavy atom. The van der Waals surface area contributed by atoms with Gasteiger partial charge in [0.2, 0.25) is 10.9 Å². The minimum atomic E-state index is -0.0133. The third kappa shape index (κ3) is 2.80. The van der Waals surface area contributed by atoms with Crippen LogP contribution in [-0.2, 0) is 11.2 Å². The number of nitrogens with one attached hydrogen (secondary N) is 1. The van der Waals surface area contributed by atoms with Crippen LogP contribution >= 0.6 is 11.3 Å². The molecule has 0 unspecified atom stereocenters. The van der Waals surface area contributed by atoms with Gasteiger partial charge in [-0.05, 0) is 12.5 Å². The molecule has 1 amide bonds. The van der Waals surface area contributed by atoms with Gasteiger partial charge in [-0.1, -0.05) is 24.3 Å². The molecule has 0 atom stereocenters. The lowest BCUT2D eigenvalue weighted by Crippen LogP contribution is -2.22. The van der Waals surface area contributed by atoms with E-state index in [-0.39, 0.29) is 5.91 Å². The van der Waals surface area contributed by atoms with Gasteiger partial charge in [0.05, 0.1) is 5.69 Å². The summed E-state index contributed by atoms with van der Waals surface area (Å²) in [6, 6.07) is 8.10. The van der Waals surface area contributed by atoms with Crippen molar-refractivity contribution in [2.45, 2.75) is 20.3 Å². The van der Waals surface area contributed by atoms with Gasteiger partial charge in [-0.15, -0.1) is 16.4 Å². The van der Waals surface area contributed by atoms with Crippen LogP contribution in [0.4, 0.5) is 0 Å². The highest BCUT2D eigenvalue weighted by molar-refractivity contribution is 7.15. The molecule has 0 fully saturated rings. The van der Waals surface area contributed by atoms with Crippen molar-refractivity contribution in [2.75, 3.05) is 6.54 Å². The second kappa shape index (κ2) is 5.65. The largest absolute Gasteiger partial charge is 0.356 e. The highest BCUT2D eigenvalue weighted by Gasteiger charge is 2.12. The predicted molar refractivity (Wildman–Crippen MR) is 83.4 cm³/mol. The van der Waals surface area contributed by atoms with Crippen LogP contribution in [0.2, 0.25) is 0 Å². The van der Waals surface area contributed by atoms with E-state index in [0.717, 1.165) is 34.0 Å². The topological polar surface area (TPSA) is 59.3 Å².